The van der Waals surface area contributed by atoms with Crippen LogP contribution in [0.4, 0.5) is 0 Å². The smallest absolute Gasteiger partial charge is 0.0406 e. The van der Waals surface area contributed by atoms with E-state index in [-0.39, 0.29) is 0 Å². The van der Waals surface area contributed by atoms with Crippen LogP contribution >= 0.6 is 11.6 Å². The number of hydrogen-bond acceptors (Lipinski definition) is 1. The van der Waals surface area contributed by atoms with Gasteiger partial charge in [-0.2, -0.15) is 0 Å². The van der Waals surface area contributed by atoms with Crippen molar-refractivity contribution in [2.75, 3.05) is 6.54 Å². The number of benzene rings is 1. The standard InChI is InChI=1S/C13H18ClN/c14-13-7-5-12(6-8-13)10-15-9-11-3-1-2-4-11/h5-8,11,15H,1-4,9-10H2. The SMILES string of the molecule is Clc1ccc(CNCC2CCCC2)cc1. The Hall–Kier alpha value is -0.530. The molecule has 2 heteroatoms. The Morgan fingerprint density at radius 2 is 1.80 bits per heavy atom. The van der Waals surface area contributed by atoms with Crippen molar-refractivity contribution in [2.24, 2.45) is 5.92 Å². The molecule has 0 spiro atoms. The molecule has 1 aromatic carbocycles. The Balaban J connectivity index is 1.71. The molecule has 0 amide bonds. The highest BCUT2D eigenvalue weighted by atomic mass is 35.5. The molecule has 0 radical (unpaired) electrons. The maximum Gasteiger partial charge on any atom is 0.0406 e. The molecule has 1 aliphatic carbocycles. The van der Waals surface area contributed by atoms with Crippen molar-refractivity contribution >= 4 is 11.6 Å². The van der Waals surface area contributed by atoms with Gasteiger partial charge < -0.3 is 5.32 Å². The first-order valence-corrected chi connectivity index (χ1v) is 6.17. The van der Waals surface area contributed by atoms with Gasteiger partial charge in [-0.25, -0.2) is 0 Å². The zero-order valence-corrected chi connectivity index (χ0v) is 9.76. The molecule has 1 fully saturated rings. The van der Waals surface area contributed by atoms with E-state index in [4.69, 9.17) is 11.6 Å². The molecule has 1 N–H and O–H groups in total. The summed E-state index contributed by atoms with van der Waals surface area (Å²) in [5.41, 5.74) is 1.32. The summed E-state index contributed by atoms with van der Waals surface area (Å²) in [5, 5.41) is 4.33. The van der Waals surface area contributed by atoms with Crippen molar-refractivity contribution in [3.63, 3.8) is 0 Å². The first-order chi connectivity index (χ1) is 7.34. The van der Waals surface area contributed by atoms with E-state index in [1.165, 1.54) is 37.8 Å². The van der Waals surface area contributed by atoms with E-state index in [0.29, 0.717) is 0 Å². The van der Waals surface area contributed by atoms with Gasteiger partial charge in [-0.15, -0.1) is 0 Å². The molecule has 0 saturated heterocycles. The summed E-state index contributed by atoms with van der Waals surface area (Å²) < 4.78 is 0. The Bertz CT molecular complexity index is 288. The Labute approximate surface area is 96.8 Å². The lowest BCUT2D eigenvalue weighted by molar-refractivity contribution is 0.489. The summed E-state index contributed by atoms with van der Waals surface area (Å²) in [6, 6.07) is 8.08. The Morgan fingerprint density at radius 3 is 2.47 bits per heavy atom. The highest BCUT2D eigenvalue weighted by Gasteiger charge is 2.13. The van der Waals surface area contributed by atoms with E-state index >= 15 is 0 Å². The van der Waals surface area contributed by atoms with Gasteiger partial charge in [-0.05, 0) is 43.0 Å². The van der Waals surface area contributed by atoms with E-state index in [2.05, 4.69) is 17.4 Å². The van der Waals surface area contributed by atoms with Crippen LogP contribution in [0.25, 0.3) is 0 Å². The normalized spacial score (nSPS) is 17.1. The number of hydrogen-bond donors (Lipinski definition) is 1. The second-order valence-corrected chi connectivity index (χ2v) is 4.84. The van der Waals surface area contributed by atoms with Gasteiger partial charge >= 0.3 is 0 Å². The predicted octanol–water partition coefficient (Wildman–Crippen LogP) is 3.62. The van der Waals surface area contributed by atoms with E-state index in [1.807, 2.05) is 12.1 Å². The summed E-state index contributed by atoms with van der Waals surface area (Å²) in [6.07, 6.45) is 5.67. The van der Waals surface area contributed by atoms with Crippen molar-refractivity contribution in [2.45, 2.75) is 32.2 Å². The predicted molar refractivity (Wildman–Crippen MR) is 65.1 cm³/mol. The lowest BCUT2D eigenvalue weighted by atomic mass is 10.1. The van der Waals surface area contributed by atoms with Gasteiger partial charge in [-0.3, -0.25) is 0 Å². The van der Waals surface area contributed by atoms with Gasteiger partial charge in [-0.1, -0.05) is 36.6 Å². The van der Waals surface area contributed by atoms with Crippen molar-refractivity contribution in [1.82, 2.24) is 5.32 Å². The first-order valence-electron chi connectivity index (χ1n) is 5.80. The molecule has 0 bridgehead atoms. The molecule has 2 rings (SSSR count). The van der Waals surface area contributed by atoms with Gasteiger partial charge in [0.1, 0.15) is 0 Å². The number of nitrogens with one attached hydrogen (secondary N) is 1. The third-order valence-corrected chi connectivity index (χ3v) is 3.40. The molecule has 0 aromatic heterocycles. The maximum absolute atomic E-state index is 5.83. The third kappa shape index (κ3) is 3.51. The van der Waals surface area contributed by atoms with Gasteiger partial charge in [0.2, 0.25) is 0 Å². The summed E-state index contributed by atoms with van der Waals surface area (Å²) >= 11 is 5.83. The number of halogens is 1. The van der Waals surface area contributed by atoms with Crippen LogP contribution in [0.5, 0.6) is 0 Å². The molecule has 0 heterocycles. The minimum atomic E-state index is 0.814. The van der Waals surface area contributed by atoms with Crippen LogP contribution in [0.15, 0.2) is 24.3 Å². The minimum Gasteiger partial charge on any atom is -0.312 e. The average Bonchev–Trinajstić information content (AvgIpc) is 2.74. The summed E-state index contributed by atoms with van der Waals surface area (Å²) in [7, 11) is 0. The van der Waals surface area contributed by atoms with Gasteiger partial charge in [0.05, 0.1) is 0 Å². The molecule has 0 unspecified atom stereocenters. The van der Waals surface area contributed by atoms with Crippen LogP contribution < -0.4 is 5.32 Å². The Kier molecular flexibility index (Phi) is 4.04. The van der Waals surface area contributed by atoms with Crippen molar-refractivity contribution < 1.29 is 0 Å². The van der Waals surface area contributed by atoms with E-state index in [9.17, 15) is 0 Å². The molecule has 0 aliphatic heterocycles. The molecule has 1 aliphatic rings. The van der Waals surface area contributed by atoms with E-state index in [0.717, 1.165) is 17.5 Å². The largest absolute Gasteiger partial charge is 0.312 e. The van der Waals surface area contributed by atoms with Crippen LogP contribution in [0.1, 0.15) is 31.2 Å². The lowest BCUT2D eigenvalue weighted by Gasteiger charge is -2.10. The van der Waals surface area contributed by atoms with Crippen LogP contribution in [-0.2, 0) is 6.54 Å². The summed E-state index contributed by atoms with van der Waals surface area (Å²) in [4.78, 5) is 0. The Morgan fingerprint density at radius 1 is 1.13 bits per heavy atom. The molecule has 82 valence electrons. The number of rotatable bonds is 4. The van der Waals surface area contributed by atoms with Gasteiger partial charge in [0.25, 0.3) is 0 Å². The molecule has 15 heavy (non-hydrogen) atoms. The zero-order chi connectivity index (χ0) is 10.5. The second-order valence-electron chi connectivity index (χ2n) is 4.41. The van der Waals surface area contributed by atoms with E-state index in [1.54, 1.807) is 0 Å². The minimum absolute atomic E-state index is 0.814. The summed E-state index contributed by atoms with van der Waals surface area (Å²) in [6.45, 7) is 2.14. The fourth-order valence-corrected chi connectivity index (χ4v) is 2.36. The van der Waals surface area contributed by atoms with Gasteiger partial charge in [0.15, 0.2) is 0 Å². The molecule has 0 atom stereocenters. The first kappa shape index (κ1) is 11.0. The van der Waals surface area contributed by atoms with E-state index < -0.39 is 0 Å². The fourth-order valence-electron chi connectivity index (χ4n) is 2.24. The van der Waals surface area contributed by atoms with Crippen LogP contribution in [0.2, 0.25) is 5.02 Å². The quantitative estimate of drug-likeness (QED) is 0.822. The fraction of sp³-hybridized carbons (Fsp3) is 0.538. The third-order valence-electron chi connectivity index (χ3n) is 3.15. The highest BCUT2D eigenvalue weighted by Crippen LogP contribution is 2.23. The van der Waals surface area contributed by atoms with Crippen LogP contribution in [-0.4, -0.2) is 6.54 Å². The molecule has 1 saturated carbocycles. The molecule has 1 aromatic rings. The average molecular weight is 224 g/mol. The topological polar surface area (TPSA) is 12.0 Å². The van der Waals surface area contributed by atoms with Crippen molar-refractivity contribution in [3.8, 4) is 0 Å². The van der Waals surface area contributed by atoms with Crippen molar-refractivity contribution in [3.05, 3.63) is 34.9 Å². The van der Waals surface area contributed by atoms with Gasteiger partial charge in [0, 0.05) is 11.6 Å². The molecular formula is C13H18ClN. The lowest BCUT2D eigenvalue weighted by Crippen LogP contribution is -2.20. The monoisotopic (exact) mass is 223 g/mol. The summed E-state index contributed by atoms with van der Waals surface area (Å²) in [5.74, 6) is 0.914. The van der Waals surface area contributed by atoms with Crippen molar-refractivity contribution in [1.29, 1.82) is 0 Å². The van der Waals surface area contributed by atoms with Crippen LogP contribution in [0.3, 0.4) is 0 Å². The molecular weight excluding hydrogens is 206 g/mol. The second kappa shape index (κ2) is 5.53. The maximum atomic E-state index is 5.83. The van der Waals surface area contributed by atoms with Crippen LogP contribution in [0, 0.1) is 5.92 Å². The zero-order valence-electron chi connectivity index (χ0n) is 9.01. The molecule has 1 nitrogen and oxygen atoms in total. The highest BCUT2D eigenvalue weighted by molar-refractivity contribution is 6.30.